The monoisotopic (exact) mass is 208 g/mol. The number of carboxylic acid groups (broad SMARTS) is 1. The molecule has 0 fully saturated rings. The Morgan fingerprint density at radius 3 is 3.00 bits per heavy atom. The highest BCUT2D eigenvalue weighted by Crippen LogP contribution is 2.18. The van der Waals surface area contributed by atoms with Crippen LogP contribution in [-0.4, -0.2) is 32.8 Å². The first-order valence-electron chi connectivity index (χ1n) is 4.05. The van der Waals surface area contributed by atoms with E-state index in [4.69, 9.17) is 15.6 Å². The van der Waals surface area contributed by atoms with Crippen LogP contribution < -0.4 is 10.5 Å². The molecule has 2 aromatic rings. The zero-order chi connectivity index (χ0) is 11.0. The van der Waals surface area contributed by atoms with E-state index >= 15 is 0 Å². The summed E-state index contributed by atoms with van der Waals surface area (Å²) in [4.78, 5) is 14.8. The van der Waals surface area contributed by atoms with Crippen LogP contribution in [0.4, 0.5) is 5.82 Å². The fourth-order valence-corrected chi connectivity index (χ4v) is 1.25. The number of fused-ring (bicyclic) bond motifs is 1. The normalized spacial score (nSPS) is 10.5. The van der Waals surface area contributed by atoms with Crippen molar-refractivity contribution < 1.29 is 14.6 Å². The Bertz CT molecular complexity index is 534. The molecule has 3 N–H and O–H groups in total. The molecule has 0 amide bonds. The topological polar surface area (TPSA) is 103 Å². The molecule has 2 aromatic heterocycles. The number of nitrogens with two attached hydrogens (primary N) is 1. The highest BCUT2D eigenvalue weighted by molar-refractivity contribution is 5.99. The van der Waals surface area contributed by atoms with Gasteiger partial charge in [-0.3, -0.25) is 0 Å². The van der Waals surface area contributed by atoms with Gasteiger partial charge in [-0.1, -0.05) is 0 Å². The van der Waals surface area contributed by atoms with Crippen molar-refractivity contribution in [3.8, 4) is 5.88 Å². The maximum Gasteiger partial charge on any atom is 0.343 e. The molecule has 15 heavy (non-hydrogen) atoms. The Hall–Kier alpha value is -2.31. The van der Waals surface area contributed by atoms with Crippen molar-refractivity contribution in [2.75, 3.05) is 12.8 Å². The molecule has 0 aromatic carbocycles. The van der Waals surface area contributed by atoms with Gasteiger partial charge >= 0.3 is 5.97 Å². The van der Waals surface area contributed by atoms with Crippen molar-refractivity contribution in [3.05, 3.63) is 17.8 Å². The molecule has 0 aliphatic heterocycles. The average Bonchev–Trinajstić information content (AvgIpc) is 2.52. The molecular weight excluding hydrogens is 200 g/mol. The number of rotatable bonds is 2. The molecule has 0 unspecified atom stereocenters. The maximum absolute atomic E-state index is 10.9. The van der Waals surface area contributed by atoms with E-state index in [1.54, 1.807) is 6.07 Å². The van der Waals surface area contributed by atoms with Crippen LogP contribution >= 0.6 is 0 Å². The van der Waals surface area contributed by atoms with Crippen LogP contribution in [0.3, 0.4) is 0 Å². The summed E-state index contributed by atoms with van der Waals surface area (Å²) in [6.07, 6.45) is 1.53. The number of aromatic carboxylic acids is 1. The number of ether oxygens (including phenoxy) is 1. The van der Waals surface area contributed by atoms with Gasteiger partial charge in [0.15, 0.2) is 11.5 Å². The van der Waals surface area contributed by atoms with Gasteiger partial charge in [-0.2, -0.15) is 4.98 Å². The number of carbonyl (C=O) groups is 1. The second-order valence-corrected chi connectivity index (χ2v) is 2.80. The fourth-order valence-electron chi connectivity index (χ4n) is 1.25. The van der Waals surface area contributed by atoms with E-state index in [1.807, 2.05) is 0 Å². The first kappa shape index (κ1) is 9.25. The van der Waals surface area contributed by atoms with Crippen molar-refractivity contribution in [2.24, 2.45) is 0 Å². The lowest BCUT2D eigenvalue weighted by Gasteiger charge is -1.98. The minimum absolute atomic E-state index is 0.0664. The van der Waals surface area contributed by atoms with E-state index in [1.165, 1.54) is 17.8 Å². The molecule has 2 heterocycles. The summed E-state index contributed by atoms with van der Waals surface area (Å²) in [6.45, 7) is 0. The average molecular weight is 208 g/mol. The summed E-state index contributed by atoms with van der Waals surface area (Å²) in [6, 6.07) is 1.56. The lowest BCUT2D eigenvalue weighted by atomic mass is 10.3. The van der Waals surface area contributed by atoms with Gasteiger partial charge in [-0.15, -0.1) is 5.10 Å². The smallest absolute Gasteiger partial charge is 0.343 e. The SMILES string of the molecule is COc1ccn2nc(N)c(C(=O)O)c2n1. The zero-order valence-electron chi connectivity index (χ0n) is 7.84. The number of aromatic nitrogens is 3. The predicted molar refractivity (Wildman–Crippen MR) is 50.9 cm³/mol. The molecule has 0 aliphatic carbocycles. The standard InChI is InChI=1S/C8H8N4O3/c1-15-4-2-3-12-7(10-4)5(8(13)14)6(9)11-12/h2-3H,1H3,(H2,9,11)(H,13,14). The minimum atomic E-state index is -1.16. The molecule has 0 spiro atoms. The molecule has 7 nitrogen and oxygen atoms in total. The summed E-state index contributed by atoms with van der Waals surface area (Å²) in [5.41, 5.74) is 5.50. The summed E-state index contributed by atoms with van der Waals surface area (Å²) in [7, 11) is 1.44. The Morgan fingerprint density at radius 1 is 1.67 bits per heavy atom. The molecule has 0 saturated heterocycles. The van der Waals surface area contributed by atoms with Crippen molar-refractivity contribution in [2.45, 2.75) is 0 Å². The van der Waals surface area contributed by atoms with Crippen molar-refractivity contribution in [1.82, 2.24) is 14.6 Å². The molecule has 0 bridgehead atoms. The van der Waals surface area contributed by atoms with Gasteiger partial charge in [0.2, 0.25) is 5.88 Å². The van der Waals surface area contributed by atoms with Crippen molar-refractivity contribution in [1.29, 1.82) is 0 Å². The Kier molecular flexibility index (Phi) is 1.93. The van der Waals surface area contributed by atoms with E-state index in [0.717, 1.165) is 0 Å². The van der Waals surface area contributed by atoms with Gasteiger partial charge in [0.1, 0.15) is 5.56 Å². The number of hydrogen-bond donors (Lipinski definition) is 2. The Labute approximate surface area is 84.1 Å². The second kappa shape index (κ2) is 3.12. The fraction of sp³-hybridized carbons (Fsp3) is 0.125. The zero-order valence-corrected chi connectivity index (χ0v) is 7.84. The summed E-state index contributed by atoms with van der Waals surface area (Å²) in [5.74, 6) is -0.920. The van der Waals surface area contributed by atoms with Crippen LogP contribution in [-0.2, 0) is 0 Å². The molecular formula is C8H8N4O3. The Balaban J connectivity index is 2.77. The van der Waals surface area contributed by atoms with E-state index < -0.39 is 5.97 Å². The first-order valence-corrected chi connectivity index (χ1v) is 4.05. The number of nitrogen functional groups attached to an aromatic ring is 1. The van der Waals surface area contributed by atoms with Gasteiger partial charge in [0.25, 0.3) is 0 Å². The maximum atomic E-state index is 10.9. The van der Waals surface area contributed by atoms with Crippen LogP contribution in [0.1, 0.15) is 10.4 Å². The van der Waals surface area contributed by atoms with E-state index in [2.05, 4.69) is 10.1 Å². The van der Waals surface area contributed by atoms with Crippen molar-refractivity contribution in [3.63, 3.8) is 0 Å². The highest BCUT2D eigenvalue weighted by atomic mass is 16.5. The molecule has 7 heteroatoms. The number of nitrogens with zero attached hydrogens (tertiary/aromatic N) is 3. The number of carboxylic acids is 1. The van der Waals surface area contributed by atoms with Gasteiger partial charge in [0.05, 0.1) is 7.11 Å². The molecule has 0 radical (unpaired) electrons. The summed E-state index contributed by atoms with van der Waals surface area (Å²) >= 11 is 0. The van der Waals surface area contributed by atoms with E-state index in [-0.39, 0.29) is 17.0 Å². The van der Waals surface area contributed by atoms with E-state index in [0.29, 0.717) is 5.88 Å². The van der Waals surface area contributed by atoms with Crippen molar-refractivity contribution >= 4 is 17.4 Å². The molecule has 2 rings (SSSR count). The van der Waals surface area contributed by atoms with Gasteiger partial charge in [0, 0.05) is 12.3 Å². The lowest BCUT2D eigenvalue weighted by Crippen LogP contribution is -2.01. The number of anilines is 1. The Morgan fingerprint density at radius 2 is 2.40 bits per heavy atom. The number of hydrogen-bond acceptors (Lipinski definition) is 5. The molecule has 78 valence electrons. The third kappa shape index (κ3) is 1.33. The van der Waals surface area contributed by atoms with E-state index in [9.17, 15) is 4.79 Å². The third-order valence-electron chi connectivity index (χ3n) is 1.91. The highest BCUT2D eigenvalue weighted by Gasteiger charge is 2.18. The van der Waals surface area contributed by atoms with Gasteiger partial charge in [-0.05, 0) is 0 Å². The summed E-state index contributed by atoms with van der Waals surface area (Å²) < 4.78 is 6.17. The minimum Gasteiger partial charge on any atom is -0.481 e. The van der Waals surface area contributed by atoms with Crippen LogP contribution in [0.2, 0.25) is 0 Å². The number of methoxy groups -OCH3 is 1. The molecule has 0 aliphatic rings. The van der Waals surface area contributed by atoms with Gasteiger partial charge in [-0.25, -0.2) is 9.31 Å². The molecule has 0 saturated carbocycles. The van der Waals surface area contributed by atoms with Crippen LogP contribution in [0.15, 0.2) is 12.3 Å². The van der Waals surface area contributed by atoms with Crippen LogP contribution in [0.25, 0.3) is 5.65 Å². The van der Waals surface area contributed by atoms with Crippen LogP contribution in [0, 0.1) is 0 Å². The van der Waals surface area contributed by atoms with Gasteiger partial charge < -0.3 is 15.6 Å². The largest absolute Gasteiger partial charge is 0.481 e. The molecule has 0 atom stereocenters. The first-order chi connectivity index (χ1) is 7.13. The quantitative estimate of drug-likeness (QED) is 0.721. The summed E-state index contributed by atoms with van der Waals surface area (Å²) in [5, 5.41) is 12.7. The predicted octanol–water partition coefficient (Wildman–Crippen LogP) is 0.0183. The second-order valence-electron chi connectivity index (χ2n) is 2.80. The third-order valence-corrected chi connectivity index (χ3v) is 1.91. The van der Waals surface area contributed by atoms with Crippen LogP contribution in [0.5, 0.6) is 5.88 Å². The lowest BCUT2D eigenvalue weighted by molar-refractivity contribution is 0.0700.